The summed E-state index contributed by atoms with van der Waals surface area (Å²) in [6.07, 6.45) is -4.28. The Bertz CT molecular complexity index is 590. The van der Waals surface area contributed by atoms with Crippen molar-refractivity contribution in [3.8, 4) is 0 Å². The normalized spacial score (nSPS) is 28.2. The van der Waals surface area contributed by atoms with Crippen LogP contribution in [0, 0.1) is 11.8 Å². The summed E-state index contributed by atoms with van der Waals surface area (Å²) in [7, 11) is 0. The van der Waals surface area contributed by atoms with Crippen molar-refractivity contribution in [3.05, 3.63) is 34.3 Å². The molecule has 114 valence electrons. The van der Waals surface area contributed by atoms with Crippen LogP contribution in [0.1, 0.15) is 22.3 Å². The summed E-state index contributed by atoms with van der Waals surface area (Å²) >= 11 is 5.87. The van der Waals surface area contributed by atoms with Crippen molar-refractivity contribution in [3.63, 3.8) is 0 Å². The number of rotatable bonds is 1. The number of hydrogen-bond donors (Lipinski definition) is 1. The van der Waals surface area contributed by atoms with Crippen LogP contribution in [0.3, 0.4) is 0 Å². The number of carbonyl (C=O) groups excluding carboxylic acids is 1. The van der Waals surface area contributed by atoms with Crippen molar-refractivity contribution in [2.24, 2.45) is 11.8 Å². The average molecular weight is 320 g/mol. The van der Waals surface area contributed by atoms with Gasteiger partial charge in [-0.1, -0.05) is 11.6 Å². The Morgan fingerprint density at radius 2 is 2.05 bits per heavy atom. The summed E-state index contributed by atoms with van der Waals surface area (Å²) < 4.78 is 38.2. The third-order valence-electron chi connectivity index (χ3n) is 4.34. The second-order valence-electron chi connectivity index (χ2n) is 5.63. The van der Waals surface area contributed by atoms with Crippen LogP contribution in [-0.2, 0) is 6.18 Å². The molecular weight excluding hydrogens is 307 g/mol. The van der Waals surface area contributed by atoms with Gasteiger partial charge in [0.05, 0.1) is 22.3 Å². The number of benzene rings is 1. The molecule has 0 spiro atoms. The van der Waals surface area contributed by atoms with Gasteiger partial charge in [-0.3, -0.25) is 4.79 Å². The molecule has 2 aliphatic rings. The monoisotopic (exact) mass is 319 g/mol. The molecule has 0 aromatic heterocycles. The molecule has 1 aliphatic heterocycles. The Labute approximate surface area is 124 Å². The van der Waals surface area contributed by atoms with E-state index in [1.54, 1.807) is 0 Å². The predicted octanol–water partition coefficient (Wildman–Crippen LogP) is 2.81. The van der Waals surface area contributed by atoms with E-state index in [9.17, 15) is 23.1 Å². The highest BCUT2D eigenvalue weighted by atomic mass is 35.5. The zero-order valence-corrected chi connectivity index (χ0v) is 11.7. The lowest BCUT2D eigenvalue weighted by Crippen LogP contribution is -2.39. The number of hydrogen-bond acceptors (Lipinski definition) is 2. The van der Waals surface area contributed by atoms with Gasteiger partial charge in [0.2, 0.25) is 0 Å². The molecule has 3 rings (SSSR count). The lowest BCUT2D eigenvalue weighted by atomic mass is 9.74. The number of likely N-dealkylation sites (tertiary alicyclic amines) is 1. The Morgan fingerprint density at radius 3 is 2.62 bits per heavy atom. The largest absolute Gasteiger partial charge is 0.416 e. The predicted molar refractivity (Wildman–Crippen MR) is 70.0 cm³/mol. The van der Waals surface area contributed by atoms with Crippen LogP contribution in [0.25, 0.3) is 0 Å². The number of aliphatic hydroxyl groups excluding tert-OH is 1. The third-order valence-corrected chi connectivity index (χ3v) is 4.67. The molecule has 1 saturated heterocycles. The van der Waals surface area contributed by atoms with E-state index < -0.39 is 23.8 Å². The number of aliphatic hydroxyl groups is 1. The van der Waals surface area contributed by atoms with Gasteiger partial charge in [-0.05, 0) is 30.5 Å². The first-order valence-electron chi connectivity index (χ1n) is 6.61. The van der Waals surface area contributed by atoms with E-state index in [2.05, 4.69) is 0 Å². The lowest BCUT2D eigenvalue weighted by Gasteiger charge is -2.34. The molecule has 1 heterocycles. The molecule has 1 aliphatic carbocycles. The minimum absolute atomic E-state index is 0.00722. The van der Waals surface area contributed by atoms with E-state index in [0.29, 0.717) is 19.5 Å². The molecule has 0 bridgehead atoms. The molecular formula is C14H13ClF3NO2. The Balaban J connectivity index is 1.85. The minimum Gasteiger partial charge on any atom is -0.393 e. The number of amides is 1. The molecule has 7 heteroatoms. The molecule has 2 fully saturated rings. The summed E-state index contributed by atoms with van der Waals surface area (Å²) in [6, 6.07) is 2.75. The van der Waals surface area contributed by atoms with Crippen LogP contribution in [0.2, 0.25) is 5.02 Å². The van der Waals surface area contributed by atoms with Crippen molar-refractivity contribution >= 4 is 17.5 Å². The van der Waals surface area contributed by atoms with E-state index in [-0.39, 0.29) is 22.4 Å². The second-order valence-corrected chi connectivity index (χ2v) is 6.04. The minimum atomic E-state index is -4.51. The van der Waals surface area contributed by atoms with Crippen LogP contribution >= 0.6 is 11.6 Å². The first-order chi connectivity index (χ1) is 9.77. The van der Waals surface area contributed by atoms with Crippen LogP contribution in [-0.4, -0.2) is 35.1 Å². The Kier molecular flexibility index (Phi) is 3.41. The SMILES string of the molecule is O=C(c1cc(C(F)(F)F)ccc1Cl)N1C[C@H]2C[C@H](O)[C@H]2C1. The van der Waals surface area contributed by atoms with E-state index in [4.69, 9.17) is 11.6 Å². The number of nitrogens with zero attached hydrogens (tertiary/aromatic N) is 1. The van der Waals surface area contributed by atoms with E-state index in [1.165, 1.54) is 4.90 Å². The second kappa shape index (κ2) is 4.88. The smallest absolute Gasteiger partial charge is 0.393 e. The molecule has 1 aromatic rings. The molecule has 21 heavy (non-hydrogen) atoms. The van der Waals surface area contributed by atoms with Crippen LogP contribution in [0.15, 0.2) is 18.2 Å². The standard InChI is InChI=1S/C14H13ClF3NO2/c15-11-2-1-8(14(16,17)18)4-9(11)13(21)19-5-7-3-12(20)10(7)6-19/h1-2,4,7,10,12,20H,3,5-6H2/t7-,10+,12+/m1/s1. The number of carbonyl (C=O) groups is 1. The van der Waals surface area contributed by atoms with Gasteiger partial charge in [0.1, 0.15) is 0 Å². The van der Waals surface area contributed by atoms with Crippen LogP contribution < -0.4 is 0 Å². The van der Waals surface area contributed by atoms with E-state index >= 15 is 0 Å². The quantitative estimate of drug-likeness (QED) is 0.864. The van der Waals surface area contributed by atoms with Crippen molar-refractivity contribution in [1.29, 1.82) is 0 Å². The Morgan fingerprint density at radius 1 is 1.33 bits per heavy atom. The van der Waals surface area contributed by atoms with Gasteiger partial charge < -0.3 is 10.0 Å². The molecule has 1 N–H and O–H groups in total. The zero-order chi connectivity index (χ0) is 15.4. The maximum atomic E-state index is 12.7. The zero-order valence-electron chi connectivity index (χ0n) is 10.9. The van der Waals surface area contributed by atoms with Gasteiger partial charge in [0, 0.05) is 19.0 Å². The highest BCUT2D eigenvalue weighted by molar-refractivity contribution is 6.33. The molecule has 1 saturated carbocycles. The van der Waals surface area contributed by atoms with E-state index in [0.717, 1.165) is 18.2 Å². The van der Waals surface area contributed by atoms with E-state index in [1.807, 2.05) is 0 Å². The fourth-order valence-corrected chi connectivity index (χ4v) is 3.27. The topological polar surface area (TPSA) is 40.5 Å². The molecule has 3 nitrogen and oxygen atoms in total. The van der Waals surface area contributed by atoms with Gasteiger partial charge in [0.25, 0.3) is 5.91 Å². The number of alkyl halides is 3. The van der Waals surface area contributed by atoms with Gasteiger partial charge in [-0.25, -0.2) is 0 Å². The fourth-order valence-electron chi connectivity index (χ4n) is 3.07. The first-order valence-corrected chi connectivity index (χ1v) is 6.99. The maximum absolute atomic E-state index is 12.7. The maximum Gasteiger partial charge on any atom is 0.416 e. The molecule has 0 radical (unpaired) electrons. The van der Waals surface area contributed by atoms with Crippen LogP contribution in [0.4, 0.5) is 13.2 Å². The summed E-state index contributed by atoms with van der Waals surface area (Å²) in [5, 5.41) is 9.59. The summed E-state index contributed by atoms with van der Waals surface area (Å²) in [5.41, 5.74) is -1.03. The summed E-state index contributed by atoms with van der Waals surface area (Å²) in [5.74, 6) is -0.222. The van der Waals surface area contributed by atoms with Crippen molar-refractivity contribution < 1.29 is 23.1 Å². The van der Waals surface area contributed by atoms with Gasteiger partial charge in [0.15, 0.2) is 0 Å². The summed E-state index contributed by atoms with van der Waals surface area (Å²) in [6.45, 7) is 0.838. The molecule has 3 atom stereocenters. The van der Waals surface area contributed by atoms with Gasteiger partial charge >= 0.3 is 6.18 Å². The van der Waals surface area contributed by atoms with Gasteiger partial charge in [-0.15, -0.1) is 0 Å². The highest BCUT2D eigenvalue weighted by Gasteiger charge is 2.47. The number of halogens is 4. The highest BCUT2D eigenvalue weighted by Crippen LogP contribution is 2.41. The first kappa shape index (κ1) is 14.7. The van der Waals surface area contributed by atoms with Gasteiger partial charge in [-0.2, -0.15) is 13.2 Å². The van der Waals surface area contributed by atoms with Crippen molar-refractivity contribution in [1.82, 2.24) is 4.90 Å². The third kappa shape index (κ3) is 2.51. The molecule has 1 amide bonds. The number of fused-ring (bicyclic) bond motifs is 1. The molecule has 0 unspecified atom stereocenters. The fraction of sp³-hybridized carbons (Fsp3) is 0.500. The van der Waals surface area contributed by atoms with Crippen molar-refractivity contribution in [2.45, 2.75) is 18.7 Å². The Hall–Kier alpha value is -1.27. The summed E-state index contributed by atoms with van der Waals surface area (Å²) in [4.78, 5) is 13.8. The van der Waals surface area contributed by atoms with Crippen LogP contribution in [0.5, 0.6) is 0 Å². The molecule has 1 aromatic carbocycles. The lowest BCUT2D eigenvalue weighted by molar-refractivity contribution is -0.137. The van der Waals surface area contributed by atoms with Crippen molar-refractivity contribution in [2.75, 3.05) is 13.1 Å². The average Bonchev–Trinajstić information content (AvgIpc) is 2.74.